The average Bonchev–Trinajstić information content (AvgIpc) is 2.31. The molecular formula is C13H20BrNOS. The van der Waals surface area contributed by atoms with Crippen LogP contribution in [0.3, 0.4) is 0 Å². The second kappa shape index (κ2) is 8.14. The van der Waals surface area contributed by atoms with Gasteiger partial charge in [0, 0.05) is 29.4 Å². The standard InChI is InChI=1S/C13H20BrNOS/c1-10-7-11(3-4-13(10)14)8-15-12(5-6-16)9-17-2/h3-4,7,12,15-16H,5-6,8-9H2,1-2H3. The second-order valence-electron chi connectivity index (χ2n) is 4.13. The van der Waals surface area contributed by atoms with Crippen molar-refractivity contribution in [2.75, 3.05) is 18.6 Å². The lowest BCUT2D eigenvalue weighted by Crippen LogP contribution is -2.31. The van der Waals surface area contributed by atoms with Gasteiger partial charge in [-0.25, -0.2) is 0 Å². The van der Waals surface area contributed by atoms with Gasteiger partial charge in [-0.05, 0) is 36.8 Å². The number of hydrogen-bond acceptors (Lipinski definition) is 3. The molecule has 1 unspecified atom stereocenters. The molecule has 1 atom stereocenters. The molecule has 0 spiro atoms. The zero-order valence-corrected chi connectivity index (χ0v) is 12.8. The summed E-state index contributed by atoms with van der Waals surface area (Å²) in [5, 5.41) is 12.5. The number of nitrogens with one attached hydrogen (secondary N) is 1. The summed E-state index contributed by atoms with van der Waals surface area (Å²) in [5.41, 5.74) is 2.54. The lowest BCUT2D eigenvalue weighted by Gasteiger charge is -2.17. The fourth-order valence-electron chi connectivity index (χ4n) is 1.68. The van der Waals surface area contributed by atoms with Crippen molar-refractivity contribution in [2.24, 2.45) is 0 Å². The number of aliphatic hydroxyl groups excluding tert-OH is 1. The van der Waals surface area contributed by atoms with Crippen molar-refractivity contribution in [3.05, 3.63) is 33.8 Å². The molecule has 1 aromatic rings. The number of thioether (sulfide) groups is 1. The summed E-state index contributed by atoms with van der Waals surface area (Å²) in [5.74, 6) is 1.04. The van der Waals surface area contributed by atoms with Crippen LogP contribution in [0.25, 0.3) is 0 Å². The summed E-state index contributed by atoms with van der Waals surface area (Å²) in [6.07, 6.45) is 2.91. The van der Waals surface area contributed by atoms with Gasteiger partial charge in [-0.3, -0.25) is 0 Å². The molecule has 0 aliphatic rings. The fourth-order valence-corrected chi connectivity index (χ4v) is 2.61. The van der Waals surface area contributed by atoms with Crippen molar-refractivity contribution in [1.29, 1.82) is 0 Å². The fraction of sp³-hybridized carbons (Fsp3) is 0.538. The molecule has 96 valence electrons. The van der Waals surface area contributed by atoms with Gasteiger partial charge in [0.1, 0.15) is 0 Å². The maximum absolute atomic E-state index is 8.99. The van der Waals surface area contributed by atoms with Crippen LogP contribution in [-0.4, -0.2) is 29.8 Å². The molecule has 0 bridgehead atoms. The Kier molecular flexibility index (Phi) is 7.19. The summed E-state index contributed by atoms with van der Waals surface area (Å²) in [7, 11) is 0. The van der Waals surface area contributed by atoms with E-state index >= 15 is 0 Å². The molecule has 0 radical (unpaired) electrons. The quantitative estimate of drug-likeness (QED) is 0.811. The molecule has 0 aliphatic heterocycles. The van der Waals surface area contributed by atoms with Crippen molar-refractivity contribution in [3.63, 3.8) is 0 Å². The summed E-state index contributed by atoms with van der Waals surface area (Å²) >= 11 is 5.31. The van der Waals surface area contributed by atoms with E-state index in [1.807, 2.05) is 11.8 Å². The van der Waals surface area contributed by atoms with Crippen LogP contribution in [0.2, 0.25) is 0 Å². The molecule has 0 heterocycles. The summed E-state index contributed by atoms with van der Waals surface area (Å²) in [6.45, 7) is 3.21. The molecule has 17 heavy (non-hydrogen) atoms. The highest BCUT2D eigenvalue weighted by Gasteiger charge is 2.06. The predicted octanol–water partition coefficient (Wildman–Crippen LogP) is 2.96. The summed E-state index contributed by atoms with van der Waals surface area (Å²) < 4.78 is 1.15. The second-order valence-corrected chi connectivity index (χ2v) is 5.89. The van der Waals surface area contributed by atoms with Crippen LogP contribution < -0.4 is 5.32 Å². The average molecular weight is 318 g/mol. The maximum Gasteiger partial charge on any atom is 0.0446 e. The smallest absolute Gasteiger partial charge is 0.0446 e. The van der Waals surface area contributed by atoms with E-state index in [1.54, 1.807) is 0 Å². The molecule has 0 aliphatic carbocycles. The lowest BCUT2D eigenvalue weighted by molar-refractivity contribution is 0.270. The molecule has 4 heteroatoms. The van der Waals surface area contributed by atoms with Crippen LogP contribution in [0.5, 0.6) is 0 Å². The highest BCUT2D eigenvalue weighted by Crippen LogP contribution is 2.17. The van der Waals surface area contributed by atoms with E-state index in [1.165, 1.54) is 11.1 Å². The molecule has 0 amide bonds. The Labute approximate surface area is 116 Å². The van der Waals surface area contributed by atoms with Crippen molar-refractivity contribution >= 4 is 27.7 Å². The molecular weight excluding hydrogens is 298 g/mol. The Morgan fingerprint density at radius 1 is 1.47 bits per heavy atom. The third kappa shape index (κ3) is 5.42. The molecule has 2 N–H and O–H groups in total. The van der Waals surface area contributed by atoms with Crippen molar-refractivity contribution in [2.45, 2.75) is 25.9 Å². The van der Waals surface area contributed by atoms with Crippen LogP contribution in [0.15, 0.2) is 22.7 Å². The molecule has 0 saturated heterocycles. The Hall–Kier alpha value is -0.0300. The number of aliphatic hydroxyl groups is 1. The minimum atomic E-state index is 0.248. The van der Waals surface area contributed by atoms with Gasteiger partial charge in [-0.15, -0.1) is 0 Å². The Balaban J connectivity index is 2.49. The maximum atomic E-state index is 8.99. The first-order valence-electron chi connectivity index (χ1n) is 5.75. The highest BCUT2D eigenvalue weighted by molar-refractivity contribution is 9.10. The van der Waals surface area contributed by atoms with E-state index in [-0.39, 0.29) is 6.61 Å². The largest absolute Gasteiger partial charge is 0.396 e. The highest BCUT2D eigenvalue weighted by atomic mass is 79.9. The van der Waals surface area contributed by atoms with Gasteiger partial charge in [-0.2, -0.15) is 11.8 Å². The number of benzene rings is 1. The van der Waals surface area contributed by atoms with Crippen LogP contribution in [0, 0.1) is 6.92 Å². The Morgan fingerprint density at radius 3 is 2.82 bits per heavy atom. The van der Waals surface area contributed by atoms with Gasteiger partial charge in [0.25, 0.3) is 0 Å². The zero-order valence-electron chi connectivity index (χ0n) is 10.4. The first-order valence-corrected chi connectivity index (χ1v) is 7.94. The van der Waals surface area contributed by atoms with Crippen molar-refractivity contribution < 1.29 is 5.11 Å². The molecule has 0 fully saturated rings. The SMILES string of the molecule is CSCC(CCO)NCc1ccc(Br)c(C)c1. The number of aryl methyl sites for hydroxylation is 1. The Bertz CT molecular complexity index is 340. The molecule has 1 rings (SSSR count). The molecule has 0 aromatic heterocycles. The van der Waals surface area contributed by atoms with Crippen LogP contribution in [0.1, 0.15) is 17.5 Å². The van der Waals surface area contributed by atoms with Gasteiger partial charge in [-0.1, -0.05) is 28.1 Å². The lowest BCUT2D eigenvalue weighted by atomic mass is 10.1. The van der Waals surface area contributed by atoms with Crippen LogP contribution in [-0.2, 0) is 6.54 Å². The van der Waals surface area contributed by atoms with Gasteiger partial charge in [0.2, 0.25) is 0 Å². The zero-order chi connectivity index (χ0) is 12.7. The monoisotopic (exact) mass is 317 g/mol. The first kappa shape index (κ1) is 15.0. The van der Waals surface area contributed by atoms with Gasteiger partial charge in [0.15, 0.2) is 0 Å². The normalized spacial score (nSPS) is 12.7. The summed E-state index contributed by atoms with van der Waals surface area (Å²) in [4.78, 5) is 0. The number of hydrogen-bond donors (Lipinski definition) is 2. The molecule has 0 saturated carbocycles. The third-order valence-electron chi connectivity index (χ3n) is 2.66. The minimum absolute atomic E-state index is 0.248. The van der Waals surface area contributed by atoms with E-state index in [0.717, 1.165) is 23.2 Å². The first-order chi connectivity index (χ1) is 8.17. The van der Waals surface area contributed by atoms with Gasteiger partial charge >= 0.3 is 0 Å². The molecule has 2 nitrogen and oxygen atoms in total. The van der Waals surface area contributed by atoms with Gasteiger partial charge < -0.3 is 10.4 Å². The van der Waals surface area contributed by atoms with Crippen LogP contribution in [0.4, 0.5) is 0 Å². The van der Waals surface area contributed by atoms with E-state index in [0.29, 0.717) is 6.04 Å². The van der Waals surface area contributed by atoms with Crippen molar-refractivity contribution in [1.82, 2.24) is 5.32 Å². The Morgan fingerprint density at radius 2 is 2.24 bits per heavy atom. The third-order valence-corrected chi connectivity index (χ3v) is 4.29. The number of halogens is 1. The topological polar surface area (TPSA) is 32.3 Å². The molecule has 1 aromatic carbocycles. The van der Waals surface area contributed by atoms with E-state index < -0.39 is 0 Å². The van der Waals surface area contributed by atoms with Gasteiger partial charge in [0.05, 0.1) is 0 Å². The van der Waals surface area contributed by atoms with E-state index in [2.05, 4.69) is 52.6 Å². The van der Waals surface area contributed by atoms with Crippen LogP contribution >= 0.6 is 27.7 Å². The summed E-state index contributed by atoms with van der Waals surface area (Å²) in [6, 6.07) is 6.78. The van der Waals surface area contributed by atoms with E-state index in [9.17, 15) is 0 Å². The van der Waals surface area contributed by atoms with Crippen molar-refractivity contribution in [3.8, 4) is 0 Å². The minimum Gasteiger partial charge on any atom is -0.396 e. The predicted molar refractivity (Wildman–Crippen MR) is 79.6 cm³/mol. The van der Waals surface area contributed by atoms with E-state index in [4.69, 9.17) is 5.11 Å². The number of rotatable bonds is 7.